The van der Waals surface area contributed by atoms with Crippen LogP contribution in [0.15, 0.2) is 12.4 Å². The second-order valence-electron chi connectivity index (χ2n) is 1.41. The molecule has 0 saturated carbocycles. The Morgan fingerprint density at radius 1 is 1.33 bits per heavy atom. The fourth-order valence-electron chi connectivity index (χ4n) is 0.523. The van der Waals surface area contributed by atoms with Crippen LogP contribution in [0.2, 0.25) is 0 Å². The molecule has 0 bridgehead atoms. The van der Waals surface area contributed by atoms with Gasteiger partial charge in [0.1, 0.15) is 0 Å². The molecule has 0 unspecified atom stereocenters. The lowest BCUT2D eigenvalue weighted by atomic mass is 10.9. The van der Waals surface area contributed by atoms with Crippen LogP contribution in [0.5, 0.6) is 0 Å². The molecule has 0 saturated heterocycles. The number of fused-ring (bicyclic) bond motifs is 1. The van der Waals surface area contributed by atoms with Crippen molar-refractivity contribution >= 4 is 5.78 Å². The van der Waals surface area contributed by atoms with Gasteiger partial charge in [0, 0.05) is 0 Å². The number of nitrogens with zero attached hydrogens (tertiary/aromatic N) is 6. The molecule has 6 nitrogen and oxygen atoms in total. The molecule has 0 spiro atoms. The van der Waals surface area contributed by atoms with Crippen LogP contribution >= 0.6 is 0 Å². The van der Waals surface area contributed by atoms with Crippen LogP contribution in [0.1, 0.15) is 0 Å². The van der Waals surface area contributed by atoms with Crippen molar-refractivity contribution in [2.75, 3.05) is 0 Å². The molecule has 0 aromatic carbocycles. The Kier molecular flexibility index (Phi) is 0.689. The van der Waals surface area contributed by atoms with Crippen LogP contribution in [-0.4, -0.2) is 30.2 Å². The molecular weight excluding hydrogens is 120 g/mol. The monoisotopic (exact) mass is 122 g/mol. The number of aromatic nitrogens is 6. The predicted molar refractivity (Wildman–Crippen MR) is 26.4 cm³/mol. The van der Waals surface area contributed by atoms with Crippen molar-refractivity contribution in [3.8, 4) is 0 Å². The van der Waals surface area contributed by atoms with Crippen LogP contribution in [0, 0.1) is 0 Å². The Hall–Kier alpha value is -1.59. The highest BCUT2D eigenvalue weighted by Gasteiger charge is 1.92. The lowest BCUT2D eigenvalue weighted by Gasteiger charge is -1.80. The van der Waals surface area contributed by atoms with Crippen LogP contribution in [-0.2, 0) is 0 Å². The van der Waals surface area contributed by atoms with Crippen molar-refractivity contribution in [2.24, 2.45) is 0 Å². The van der Waals surface area contributed by atoms with E-state index in [1.165, 1.54) is 17.0 Å². The molecule has 2 rings (SSSR count). The van der Waals surface area contributed by atoms with Gasteiger partial charge in [0.2, 0.25) is 0 Å². The van der Waals surface area contributed by atoms with Gasteiger partial charge in [-0.15, -0.1) is 0 Å². The predicted octanol–water partition coefficient (Wildman–Crippen LogP) is -1.09. The molecule has 0 radical (unpaired) electrons. The molecule has 0 atom stereocenters. The van der Waals surface area contributed by atoms with Gasteiger partial charge in [-0.2, -0.15) is 5.10 Å². The van der Waals surface area contributed by atoms with Crippen molar-refractivity contribution in [3.05, 3.63) is 12.4 Å². The summed E-state index contributed by atoms with van der Waals surface area (Å²) in [6.07, 6.45) is 3.05. The van der Waals surface area contributed by atoms with Gasteiger partial charge < -0.3 is 0 Å². The fourth-order valence-corrected chi connectivity index (χ4v) is 0.523. The fraction of sp³-hybridized carbons (Fsp3) is 0. The average molecular weight is 122 g/mol. The Morgan fingerprint density at radius 2 is 2.33 bits per heavy atom. The van der Waals surface area contributed by atoms with E-state index < -0.39 is 0 Å². The Bertz CT molecular complexity index is 282. The third kappa shape index (κ3) is 0.525. The van der Waals surface area contributed by atoms with Gasteiger partial charge in [-0.25, -0.2) is 4.98 Å². The zero-order valence-corrected chi connectivity index (χ0v) is 4.34. The topological polar surface area (TPSA) is 68.9 Å². The largest absolute Gasteiger partial charge is 0.291 e. The van der Waals surface area contributed by atoms with E-state index >= 15 is 0 Å². The van der Waals surface area contributed by atoms with Crippen LogP contribution in [0.25, 0.3) is 5.78 Å². The summed E-state index contributed by atoms with van der Waals surface area (Å²) in [5, 5.41) is 14.1. The number of tetrazole rings is 1. The van der Waals surface area contributed by atoms with E-state index in [2.05, 4.69) is 25.6 Å². The molecule has 0 N–H and O–H groups in total. The van der Waals surface area contributed by atoms with E-state index in [9.17, 15) is 0 Å². The molecule has 6 heteroatoms. The highest BCUT2D eigenvalue weighted by molar-refractivity contribution is 5.16. The molecule has 2 aromatic heterocycles. The van der Waals surface area contributed by atoms with Crippen molar-refractivity contribution < 1.29 is 0 Å². The first-order chi connectivity index (χ1) is 4.47. The molecular formula is C3H2N6. The van der Waals surface area contributed by atoms with Gasteiger partial charge in [-0.3, -0.25) is 0 Å². The smallest absolute Gasteiger partial charge is 0.215 e. The van der Waals surface area contributed by atoms with Crippen LogP contribution in [0.3, 0.4) is 0 Å². The van der Waals surface area contributed by atoms with Crippen molar-refractivity contribution in [1.82, 2.24) is 30.2 Å². The minimum Gasteiger partial charge on any atom is -0.215 e. The minimum atomic E-state index is 0.414. The molecule has 2 heterocycles. The summed E-state index contributed by atoms with van der Waals surface area (Å²) in [5.74, 6) is 0.414. The zero-order chi connectivity index (χ0) is 6.10. The summed E-state index contributed by atoms with van der Waals surface area (Å²) in [6, 6.07) is 0. The van der Waals surface area contributed by atoms with E-state index in [1.807, 2.05) is 0 Å². The third-order valence-corrected chi connectivity index (χ3v) is 0.870. The molecule has 0 amide bonds. The van der Waals surface area contributed by atoms with Gasteiger partial charge in [-0.1, -0.05) is 9.73 Å². The van der Waals surface area contributed by atoms with Gasteiger partial charge in [-0.05, 0) is 10.4 Å². The van der Waals surface area contributed by atoms with Gasteiger partial charge in [0.05, 0.1) is 12.4 Å². The molecule has 44 valence electrons. The second kappa shape index (κ2) is 1.44. The van der Waals surface area contributed by atoms with E-state index in [4.69, 9.17) is 0 Å². The summed E-state index contributed by atoms with van der Waals surface area (Å²) >= 11 is 0. The zero-order valence-electron chi connectivity index (χ0n) is 4.34. The lowest BCUT2D eigenvalue weighted by molar-refractivity contribution is 0.725. The normalized spacial score (nSPS) is 10.2. The molecule has 0 aliphatic carbocycles. The highest BCUT2D eigenvalue weighted by atomic mass is 15.6. The van der Waals surface area contributed by atoms with E-state index in [-0.39, 0.29) is 0 Å². The van der Waals surface area contributed by atoms with Crippen molar-refractivity contribution in [2.45, 2.75) is 0 Å². The maximum atomic E-state index is 3.81. The maximum absolute atomic E-state index is 3.81. The first-order valence-electron chi connectivity index (χ1n) is 2.32. The van der Waals surface area contributed by atoms with E-state index in [1.54, 1.807) is 0 Å². The first kappa shape index (κ1) is 4.30. The second-order valence-corrected chi connectivity index (χ2v) is 1.41. The Morgan fingerprint density at radius 3 is 3.22 bits per heavy atom. The summed E-state index contributed by atoms with van der Waals surface area (Å²) in [6.45, 7) is 0. The van der Waals surface area contributed by atoms with E-state index in [0.717, 1.165) is 0 Å². The SMILES string of the molecule is c1cnn2nnnc2n1. The molecule has 2 aromatic rings. The Labute approximate surface area is 49.5 Å². The third-order valence-electron chi connectivity index (χ3n) is 0.870. The summed E-state index contributed by atoms with van der Waals surface area (Å²) in [7, 11) is 0. The number of hydrogen-bond acceptors (Lipinski definition) is 5. The molecule has 0 aliphatic heterocycles. The molecule has 9 heavy (non-hydrogen) atoms. The Balaban J connectivity index is 2.95. The summed E-state index contributed by atoms with van der Waals surface area (Å²) in [4.78, 5) is 3.81. The molecule has 0 fully saturated rings. The number of hydrogen-bond donors (Lipinski definition) is 0. The first-order valence-corrected chi connectivity index (χ1v) is 2.32. The van der Waals surface area contributed by atoms with Gasteiger partial charge in [0.15, 0.2) is 0 Å². The maximum Gasteiger partial charge on any atom is 0.291 e. The van der Waals surface area contributed by atoms with E-state index in [0.29, 0.717) is 5.78 Å². The average Bonchev–Trinajstić information content (AvgIpc) is 2.33. The van der Waals surface area contributed by atoms with Crippen molar-refractivity contribution in [1.29, 1.82) is 0 Å². The number of rotatable bonds is 0. The highest BCUT2D eigenvalue weighted by Crippen LogP contribution is 1.81. The van der Waals surface area contributed by atoms with Crippen LogP contribution in [0.4, 0.5) is 0 Å². The lowest BCUT2D eigenvalue weighted by Crippen LogP contribution is -1.93. The standard InChI is InChI=1S/C3H2N6/c1-2-5-9-3(4-1)6-7-8-9/h1-2H. The van der Waals surface area contributed by atoms with Gasteiger partial charge >= 0.3 is 0 Å². The van der Waals surface area contributed by atoms with Gasteiger partial charge in [0.25, 0.3) is 5.78 Å². The summed E-state index contributed by atoms with van der Waals surface area (Å²) in [5.41, 5.74) is 0. The molecule has 0 aliphatic rings. The summed E-state index contributed by atoms with van der Waals surface area (Å²) < 4.78 is 1.25. The quantitative estimate of drug-likeness (QED) is 0.444. The van der Waals surface area contributed by atoms with Crippen molar-refractivity contribution in [3.63, 3.8) is 0 Å². The van der Waals surface area contributed by atoms with Crippen LogP contribution < -0.4 is 0 Å². The minimum absolute atomic E-state index is 0.414.